The van der Waals surface area contributed by atoms with E-state index in [1.54, 1.807) is 4.68 Å². The molecule has 0 spiro atoms. The zero-order valence-electron chi connectivity index (χ0n) is 19.7. The molecule has 2 N–H and O–H groups in total. The summed E-state index contributed by atoms with van der Waals surface area (Å²) >= 11 is 0. The highest BCUT2D eigenvalue weighted by Crippen LogP contribution is 2.35. The van der Waals surface area contributed by atoms with E-state index in [-0.39, 0.29) is 6.54 Å². The summed E-state index contributed by atoms with van der Waals surface area (Å²) in [6.07, 6.45) is 4.90. The van der Waals surface area contributed by atoms with E-state index in [0.717, 1.165) is 29.1 Å². The minimum Gasteiger partial charge on any atom is -0.319 e. The molecular weight excluding hydrogens is 442 g/mol. The molecule has 1 atom stereocenters. The number of carbonyl (C=O) groups is 3. The van der Waals surface area contributed by atoms with Gasteiger partial charge in [0.25, 0.3) is 5.91 Å². The third-order valence-electron chi connectivity index (χ3n) is 7.04. The summed E-state index contributed by atoms with van der Waals surface area (Å²) in [4.78, 5) is 40.2. The maximum absolute atomic E-state index is 13.4. The summed E-state index contributed by atoms with van der Waals surface area (Å²) in [7, 11) is 0. The predicted molar refractivity (Wildman–Crippen MR) is 132 cm³/mol. The van der Waals surface area contributed by atoms with Crippen LogP contribution in [0.4, 0.5) is 10.6 Å². The van der Waals surface area contributed by atoms with E-state index in [9.17, 15) is 14.4 Å². The van der Waals surface area contributed by atoms with Crippen LogP contribution < -0.4 is 10.6 Å². The second kappa shape index (κ2) is 9.37. The third-order valence-corrected chi connectivity index (χ3v) is 7.04. The number of urea groups is 1. The third kappa shape index (κ3) is 4.20. The Morgan fingerprint density at radius 1 is 1.06 bits per heavy atom. The zero-order valence-corrected chi connectivity index (χ0v) is 19.7. The van der Waals surface area contributed by atoms with Crippen LogP contribution in [-0.2, 0) is 15.1 Å². The van der Waals surface area contributed by atoms with E-state index < -0.39 is 23.4 Å². The molecule has 35 heavy (non-hydrogen) atoms. The lowest BCUT2D eigenvalue weighted by molar-refractivity contribution is -0.134. The second-order valence-electron chi connectivity index (χ2n) is 9.18. The Hall–Kier alpha value is -3.94. The number of anilines is 1. The van der Waals surface area contributed by atoms with Gasteiger partial charge in [-0.1, -0.05) is 68.3 Å². The summed E-state index contributed by atoms with van der Waals surface area (Å²) < 4.78 is 1.72. The molecule has 1 aliphatic heterocycles. The van der Waals surface area contributed by atoms with E-state index in [2.05, 4.69) is 10.6 Å². The molecule has 1 aromatic heterocycles. The Kier molecular flexibility index (Phi) is 6.11. The van der Waals surface area contributed by atoms with Crippen molar-refractivity contribution in [3.8, 4) is 5.69 Å². The second-order valence-corrected chi connectivity index (χ2v) is 9.18. The number of nitrogens with zero attached hydrogens (tertiary/aromatic N) is 3. The van der Waals surface area contributed by atoms with Crippen LogP contribution in [0.2, 0.25) is 0 Å². The fourth-order valence-corrected chi connectivity index (χ4v) is 5.13. The maximum atomic E-state index is 13.4. The number of benzene rings is 2. The number of imide groups is 1. The lowest BCUT2D eigenvalue weighted by atomic mass is 9.87. The van der Waals surface area contributed by atoms with Gasteiger partial charge in [0.1, 0.15) is 17.9 Å². The van der Waals surface area contributed by atoms with Gasteiger partial charge in [-0.15, -0.1) is 0 Å². The molecule has 1 saturated heterocycles. The first kappa shape index (κ1) is 22.8. The quantitative estimate of drug-likeness (QED) is 0.502. The number of nitrogens with one attached hydrogen (secondary N) is 2. The van der Waals surface area contributed by atoms with Crippen LogP contribution in [0.15, 0.2) is 66.7 Å². The van der Waals surface area contributed by atoms with Crippen molar-refractivity contribution in [1.82, 2.24) is 20.0 Å². The molecule has 2 fully saturated rings. The summed E-state index contributed by atoms with van der Waals surface area (Å²) in [6, 6.07) is 20.1. The molecule has 5 rings (SSSR count). The number of aromatic nitrogens is 2. The van der Waals surface area contributed by atoms with Crippen LogP contribution in [0.3, 0.4) is 0 Å². The van der Waals surface area contributed by atoms with Gasteiger partial charge in [0.2, 0.25) is 5.91 Å². The summed E-state index contributed by atoms with van der Waals surface area (Å²) in [6.45, 7) is 1.47. The van der Waals surface area contributed by atoms with Crippen LogP contribution in [0, 0.1) is 0 Å². The summed E-state index contributed by atoms with van der Waals surface area (Å²) in [5, 5.41) is 10.5. The smallest absolute Gasteiger partial charge is 0.319 e. The van der Waals surface area contributed by atoms with Gasteiger partial charge in [0.05, 0.1) is 11.4 Å². The number of hydrogen-bond donors (Lipinski definition) is 2. The molecule has 4 amide bonds. The molecule has 2 heterocycles. The lowest BCUT2D eigenvalue weighted by Crippen LogP contribution is -2.44. The van der Waals surface area contributed by atoms with Crippen LogP contribution in [0.1, 0.15) is 56.2 Å². The van der Waals surface area contributed by atoms with E-state index in [0.29, 0.717) is 23.7 Å². The van der Waals surface area contributed by atoms with Crippen molar-refractivity contribution in [2.75, 3.05) is 11.9 Å². The van der Waals surface area contributed by atoms with Gasteiger partial charge in [-0.2, -0.15) is 5.10 Å². The average Bonchev–Trinajstić information content (AvgIpc) is 3.61. The zero-order chi connectivity index (χ0) is 24.4. The van der Waals surface area contributed by atoms with Crippen molar-refractivity contribution in [1.29, 1.82) is 0 Å². The monoisotopic (exact) mass is 471 g/mol. The molecule has 8 heteroatoms. The van der Waals surface area contributed by atoms with E-state index in [1.807, 2.05) is 73.7 Å². The van der Waals surface area contributed by atoms with Crippen LogP contribution in [0.5, 0.6) is 0 Å². The van der Waals surface area contributed by atoms with Crippen LogP contribution in [0.25, 0.3) is 5.69 Å². The molecule has 1 unspecified atom stereocenters. The Bertz CT molecular complexity index is 1230. The highest BCUT2D eigenvalue weighted by atomic mass is 16.2. The SMILES string of the molecule is CCC1(c2ccccc2)NC(=O)N(CC(=O)Nc2cc(C3CCCC3)nn2-c2ccccc2)C1=O. The Labute approximate surface area is 204 Å². The molecule has 1 aliphatic carbocycles. The number of rotatable bonds is 7. The van der Waals surface area contributed by atoms with Gasteiger partial charge in [0.15, 0.2) is 0 Å². The molecule has 2 aliphatic rings. The molecule has 180 valence electrons. The first-order valence-electron chi connectivity index (χ1n) is 12.2. The highest BCUT2D eigenvalue weighted by Gasteiger charge is 2.51. The fourth-order valence-electron chi connectivity index (χ4n) is 5.13. The fraction of sp³-hybridized carbons (Fsp3) is 0.333. The number of amides is 4. The first-order chi connectivity index (χ1) is 17.0. The number of para-hydroxylation sites is 1. The lowest BCUT2D eigenvalue weighted by Gasteiger charge is -2.25. The normalized spacial score (nSPS) is 20.3. The number of hydrogen-bond acceptors (Lipinski definition) is 4. The van der Waals surface area contributed by atoms with Crippen molar-refractivity contribution in [3.05, 3.63) is 78.0 Å². The Morgan fingerprint density at radius 2 is 1.71 bits per heavy atom. The molecule has 0 bridgehead atoms. The van der Waals surface area contributed by atoms with E-state index in [1.165, 1.54) is 12.8 Å². The van der Waals surface area contributed by atoms with Crippen molar-refractivity contribution in [2.45, 2.75) is 50.5 Å². The van der Waals surface area contributed by atoms with Crippen LogP contribution in [-0.4, -0.2) is 39.1 Å². The molecule has 2 aromatic carbocycles. The van der Waals surface area contributed by atoms with E-state index >= 15 is 0 Å². The molecular formula is C27H29N5O3. The highest BCUT2D eigenvalue weighted by molar-refractivity contribution is 6.10. The van der Waals surface area contributed by atoms with Crippen molar-refractivity contribution in [3.63, 3.8) is 0 Å². The standard InChI is InChI=1S/C27H29N5O3/c1-2-27(20-13-5-3-6-14-20)25(34)31(26(35)29-27)18-24(33)28-23-17-22(19-11-9-10-12-19)30-32(23)21-15-7-4-8-16-21/h3-8,13-17,19H,2,9-12,18H2,1H3,(H,28,33)(H,29,35). The van der Waals surface area contributed by atoms with Crippen molar-refractivity contribution >= 4 is 23.7 Å². The van der Waals surface area contributed by atoms with Gasteiger partial charge in [0, 0.05) is 12.0 Å². The van der Waals surface area contributed by atoms with Crippen molar-refractivity contribution in [2.24, 2.45) is 0 Å². The minimum atomic E-state index is -1.17. The van der Waals surface area contributed by atoms with Crippen molar-refractivity contribution < 1.29 is 14.4 Å². The Balaban J connectivity index is 1.37. The summed E-state index contributed by atoms with van der Waals surface area (Å²) in [5.74, 6) is 0.0237. The number of carbonyl (C=O) groups excluding carboxylic acids is 3. The average molecular weight is 472 g/mol. The largest absolute Gasteiger partial charge is 0.325 e. The van der Waals surface area contributed by atoms with Crippen LogP contribution >= 0.6 is 0 Å². The molecule has 3 aromatic rings. The topological polar surface area (TPSA) is 96.3 Å². The van der Waals surface area contributed by atoms with E-state index in [4.69, 9.17) is 5.10 Å². The predicted octanol–water partition coefficient (Wildman–Crippen LogP) is 4.33. The van der Waals surface area contributed by atoms with Gasteiger partial charge in [-0.05, 0) is 37.0 Å². The minimum absolute atomic E-state index is 0.373. The first-order valence-corrected chi connectivity index (χ1v) is 12.2. The summed E-state index contributed by atoms with van der Waals surface area (Å²) in [5.41, 5.74) is 1.31. The Morgan fingerprint density at radius 3 is 2.37 bits per heavy atom. The van der Waals surface area contributed by atoms with Gasteiger partial charge in [-0.3, -0.25) is 14.5 Å². The molecule has 8 nitrogen and oxygen atoms in total. The maximum Gasteiger partial charge on any atom is 0.325 e. The van der Waals surface area contributed by atoms with Gasteiger partial charge in [-0.25, -0.2) is 9.48 Å². The molecule has 0 radical (unpaired) electrons. The van der Waals surface area contributed by atoms with Gasteiger partial charge >= 0.3 is 6.03 Å². The van der Waals surface area contributed by atoms with Gasteiger partial charge < -0.3 is 10.6 Å². The molecule has 1 saturated carbocycles.